The number of rotatable bonds is 1. The van der Waals surface area contributed by atoms with Crippen molar-refractivity contribution in [3.8, 4) is 0 Å². The van der Waals surface area contributed by atoms with Gasteiger partial charge in [0, 0.05) is 18.7 Å². The number of aryl methyl sites for hydroxylation is 1. The summed E-state index contributed by atoms with van der Waals surface area (Å²) in [6, 6.07) is 0.918. The average Bonchev–Trinajstić information content (AvgIpc) is 2.58. The lowest BCUT2D eigenvalue weighted by atomic mass is 10.2. The molecule has 1 aliphatic rings. The molecule has 2 N–H and O–H groups in total. The quantitative estimate of drug-likeness (QED) is 0.670. The lowest BCUT2D eigenvalue weighted by Crippen LogP contribution is -2.27. The molecule has 1 atom stereocenters. The SMILES string of the molecule is Cc1cc(=O)n(C2CCOC2=O)cc1N. The number of nitrogens with zero attached hydrogens (tertiary/aromatic N) is 1. The van der Waals surface area contributed by atoms with Crippen molar-refractivity contribution in [2.24, 2.45) is 0 Å². The second kappa shape index (κ2) is 3.42. The third-order valence-corrected chi connectivity index (χ3v) is 2.57. The van der Waals surface area contributed by atoms with Gasteiger partial charge in [0.2, 0.25) is 0 Å². The van der Waals surface area contributed by atoms with Crippen molar-refractivity contribution in [1.29, 1.82) is 0 Å². The molecule has 1 saturated heterocycles. The molecule has 2 rings (SSSR count). The number of ether oxygens (including phenoxy) is 1. The Morgan fingerprint density at radius 3 is 2.87 bits per heavy atom. The van der Waals surface area contributed by atoms with Crippen LogP contribution in [-0.2, 0) is 9.53 Å². The van der Waals surface area contributed by atoms with E-state index in [1.165, 1.54) is 16.8 Å². The molecule has 1 aromatic rings. The van der Waals surface area contributed by atoms with Gasteiger partial charge < -0.3 is 10.5 Å². The first kappa shape index (κ1) is 9.76. The standard InChI is InChI=1S/C10H12N2O3/c1-6-4-9(13)12(5-7(6)11)8-2-3-15-10(8)14/h4-5,8H,2-3,11H2,1H3. The zero-order valence-corrected chi connectivity index (χ0v) is 8.40. The highest BCUT2D eigenvalue weighted by atomic mass is 16.5. The second-order valence-electron chi connectivity index (χ2n) is 3.63. The van der Waals surface area contributed by atoms with Gasteiger partial charge in [0.1, 0.15) is 6.04 Å². The van der Waals surface area contributed by atoms with Gasteiger partial charge in [-0.3, -0.25) is 9.36 Å². The number of hydrogen-bond donors (Lipinski definition) is 1. The van der Waals surface area contributed by atoms with Crippen LogP contribution in [0.4, 0.5) is 5.69 Å². The van der Waals surface area contributed by atoms with E-state index in [1.54, 1.807) is 6.92 Å². The highest BCUT2D eigenvalue weighted by Gasteiger charge is 2.28. The van der Waals surface area contributed by atoms with Crippen molar-refractivity contribution in [3.63, 3.8) is 0 Å². The molecule has 0 radical (unpaired) electrons. The van der Waals surface area contributed by atoms with Crippen LogP contribution >= 0.6 is 0 Å². The van der Waals surface area contributed by atoms with Gasteiger partial charge in [0.15, 0.2) is 0 Å². The van der Waals surface area contributed by atoms with Crippen LogP contribution in [0, 0.1) is 6.92 Å². The Morgan fingerprint density at radius 1 is 1.53 bits per heavy atom. The largest absolute Gasteiger partial charge is 0.464 e. The van der Waals surface area contributed by atoms with E-state index >= 15 is 0 Å². The van der Waals surface area contributed by atoms with Crippen LogP contribution in [0.3, 0.4) is 0 Å². The topological polar surface area (TPSA) is 74.3 Å². The second-order valence-corrected chi connectivity index (χ2v) is 3.63. The number of anilines is 1. The number of cyclic esters (lactones) is 1. The van der Waals surface area contributed by atoms with Gasteiger partial charge in [0.05, 0.1) is 12.3 Å². The van der Waals surface area contributed by atoms with Crippen LogP contribution < -0.4 is 11.3 Å². The van der Waals surface area contributed by atoms with Crippen molar-refractivity contribution in [2.45, 2.75) is 19.4 Å². The monoisotopic (exact) mass is 208 g/mol. The number of nitrogens with two attached hydrogens (primary N) is 1. The summed E-state index contributed by atoms with van der Waals surface area (Å²) in [5.74, 6) is -0.361. The lowest BCUT2D eigenvalue weighted by Gasteiger charge is -2.11. The van der Waals surface area contributed by atoms with Crippen LogP contribution in [-0.4, -0.2) is 17.1 Å². The minimum atomic E-state index is -0.514. The molecule has 2 heterocycles. The highest BCUT2D eigenvalue weighted by molar-refractivity contribution is 5.76. The van der Waals surface area contributed by atoms with Crippen LogP contribution in [0.5, 0.6) is 0 Å². The van der Waals surface area contributed by atoms with Gasteiger partial charge in [-0.05, 0) is 12.5 Å². The molecular formula is C10H12N2O3. The lowest BCUT2D eigenvalue weighted by molar-refractivity contribution is -0.140. The van der Waals surface area contributed by atoms with Crippen LogP contribution in [0.1, 0.15) is 18.0 Å². The van der Waals surface area contributed by atoms with Crippen molar-refractivity contribution in [2.75, 3.05) is 12.3 Å². The fraction of sp³-hybridized carbons (Fsp3) is 0.400. The summed E-state index contributed by atoms with van der Waals surface area (Å²) >= 11 is 0. The van der Waals surface area contributed by atoms with E-state index in [0.717, 1.165) is 5.56 Å². The first-order chi connectivity index (χ1) is 7.09. The number of carbonyl (C=O) groups excluding carboxylic acids is 1. The molecule has 1 unspecified atom stereocenters. The summed E-state index contributed by atoms with van der Waals surface area (Å²) in [4.78, 5) is 22.9. The summed E-state index contributed by atoms with van der Waals surface area (Å²) < 4.78 is 6.15. The Bertz CT molecular complexity index is 464. The first-order valence-corrected chi connectivity index (χ1v) is 4.74. The zero-order chi connectivity index (χ0) is 11.0. The van der Waals surface area contributed by atoms with Gasteiger partial charge in [-0.1, -0.05) is 0 Å². The predicted octanol–water partition coefficient (Wildman–Crippen LogP) is 0.227. The molecule has 1 fully saturated rings. The molecule has 5 heteroatoms. The molecule has 0 aromatic carbocycles. The molecule has 80 valence electrons. The normalized spacial score (nSPS) is 20.3. The smallest absolute Gasteiger partial charge is 0.329 e. The molecule has 0 aliphatic carbocycles. The molecule has 0 saturated carbocycles. The number of esters is 1. The maximum Gasteiger partial charge on any atom is 0.329 e. The van der Waals surface area contributed by atoms with Gasteiger partial charge in [-0.2, -0.15) is 0 Å². The van der Waals surface area contributed by atoms with Gasteiger partial charge in [-0.15, -0.1) is 0 Å². The molecule has 0 amide bonds. The highest BCUT2D eigenvalue weighted by Crippen LogP contribution is 2.20. The fourth-order valence-corrected chi connectivity index (χ4v) is 1.64. The Balaban J connectivity index is 2.48. The van der Waals surface area contributed by atoms with E-state index in [1.807, 2.05) is 0 Å². The molecule has 1 aliphatic heterocycles. The fourth-order valence-electron chi connectivity index (χ4n) is 1.64. The van der Waals surface area contributed by atoms with Gasteiger partial charge in [0.25, 0.3) is 5.56 Å². The van der Waals surface area contributed by atoms with Gasteiger partial charge >= 0.3 is 5.97 Å². The number of nitrogen functional groups attached to an aromatic ring is 1. The Labute approximate surface area is 86.5 Å². The van der Waals surface area contributed by atoms with Crippen molar-refractivity contribution < 1.29 is 9.53 Å². The number of aromatic nitrogens is 1. The number of carbonyl (C=O) groups is 1. The molecule has 15 heavy (non-hydrogen) atoms. The Hall–Kier alpha value is -1.78. The van der Waals surface area contributed by atoms with Crippen LogP contribution in [0.15, 0.2) is 17.1 Å². The van der Waals surface area contributed by atoms with Crippen molar-refractivity contribution >= 4 is 11.7 Å². The van der Waals surface area contributed by atoms with E-state index < -0.39 is 6.04 Å². The maximum atomic E-state index is 11.6. The van der Waals surface area contributed by atoms with E-state index in [2.05, 4.69) is 0 Å². The summed E-state index contributed by atoms with van der Waals surface area (Å²) in [5, 5.41) is 0. The van der Waals surface area contributed by atoms with E-state index in [4.69, 9.17) is 10.5 Å². The van der Waals surface area contributed by atoms with E-state index in [-0.39, 0.29) is 11.5 Å². The summed E-state index contributed by atoms with van der Waals surface area (Å²) in [6.07, 6.45) is 2.04. The third kappa shape index (κ3) is 1.60. The minimum absolute atomic E-state index is 0.217. The predicted molar refractivity (Wildman–Crippen MR) is 54.5 cm³/mol. The minimum Gasteiger partial charge on any atom is -0.464 e. The Kier molecular flexibility index (Phi) is 2.22. The third-order valence-electron chi connectivity index (χ3n) is 2.57. The number of pyridine rings is 1. The molecular weight excluding hydrogens is 196 g/mol. The van der Waals surface area contributed by atoms with Gasteiger partial charge in [-0.25, -0.2) is 4.79 Å². The number of hydrogen-bond acceptors (Lipinski definition) is 4. The first-order valence-electron chi connectivity index (χ1n) is 4.74. The Morgan fingerprint density at radius 2 is 2.27 bits per heavy atom. The van der Waals surface area contributed by atoms with Crippen molar-refractivity contribution in [1.82, 2.24) is 4.57 Å². The van der Waals surface area contributed by atoms with Crippen molar-refractivity contribution in [3.05, 3.63) is 28.2 Å². The van der Waals surface area contributed by atoms with Crippen LogP contribution in [0.25, 0.3) is 0 Å². The average molecular weight is 208 g/mol. The van der Waals surface area contributed by atoms with Crippen LogP contribution in [0.2, 0.25) is 0 Å². The molecule has 5 nitrogen and oxygen atoms in total. The van der Waals surface area contributed by atoms with E-state index in [9.17, 15) is 9.59 Å². The maximum absolute atomic E-state index is 11.6. The van der Waals surface area contributed by atoms with E-state index in [0.29, 0.717) is 18.7 Å². The molecule has 0 spiro atoms. The summed E-state index contributed by atoms with van der Waals surface area (Å²) in [5.41, 5.74) is 6.71. The summed E-state index contributed by atoms with van der Waals surface area (Å²) in [6.45, 7) is 2.12. The molecule has 1 aromatic heterocycles. The molecule has 0 bridgehead atoms. The zero-order valence-electron chi connectivity index (χ0n) is 8.40. The summed E-state index contributed by atoms with van der Waals surface area (Å²) in [7, 11) is 0.